The third-order valence-corrected chi connectivity index (χ3v) is 3.87. The monoisotopic (exact) mass is 316 g/mol. The molecular weight excluding hydrogens is 304 g/mol. The van der Waals surface area contributed by atoms with Crippen molar-refractivity contribution in [1.82, 2.24) is 5.32 Å². The molecule has 1 aromatic rings. The molecule has 17 heavy (non-hydrogen) atoms. The summed E-state index contributed by atoms with van der Waals surface area (Å²) in [5.74, 6) is 0.0487. The molecule has 1 saturated heterocycles. The summed E-state index contributed by atoms with van der Waals surface area (Å²) in [7, 11) is 0. The quantitative estimate of drug-likeness (QED) is 0.880. The Kier molecular flexibility index (Phi) is 4.07. The molecule has 1 heterocycles. The second kappa shape index (κ2) is 5.38. The zero-order valence-electron chi connectivity index (χ0n) is 9.47. The molecule has 0 spiro atoms. The fourth-order valence-corrected chi connectivity index (χ4v) is 2.56. The van der Waals surface area contributed by atoms with Crippen LogP contribution in [0.3, 0.4) is 0 Å². The maximum absolute atomic E-state index is 12.1. The first kappa shape index (κ1) is 12.9. The molecule has 0 aliphatic carbocycles. The standard InChI is InChI=1S/C12H14BrClN2O/c1-7-9(4-5-15-7)12(17)16-11-6-8(13)2-3-10(11)14/h2-3,6-7,9,15H,4-5H2,1H3,(H,16,17). The Hall–Kier alpha value is -0.580. The lowest BCUT2D eigenvalue weighted by molar-refractivity contribution is -0.119. The molecule has 0 radical (unpaired) electrons. The highest BCUT2D eigenvalue weighted by Crippen LogP contribution is 2.27. The van der Waals surface area contributed by atoms with Crippen LogP contribution in [0.2, 0.25) is 5.02 Å². The number of hydrogen-bond donors (Lipinski definition) is 2. The summed E-state index contributed by atoms with van der Waals surface area (Å²) in [5.41, 5.74) is 0.658. The molecule has 2 atom stereocenters. The van der Waals surface area contributed by atoms with Crippen LogP contribution in [0.4, 0.5) is 5.69 Å². The first-order chi connectivity index (χ1) is 8.08. The molecular formula is C12H14BrClN2O. The van der Waals surface area contributed by atoms with E-state index in [1.165, 1.54) is 0 Å². The average molecular weight is 318 g/mol. The smallest absolute Gasteiger partial charge is 0.229 e. The van der Waals surface area contributed by atoms with Crippen LogP contribution >= 0.6 is 27.5 Å². The van der Waals surface area contributed by atoms with E-state index in [4.69, 9.17) is 11.6 Å². The number of benzene rings is 1. The van der Waals surface area contributed by atoms with E-state index in [0.717, 1.165) is 17.4 Å². The van der Waals surface area contributed by atoms with E-state index in [1.807, 2.05) is 19.1 Å². The summed E-state index contributed by atoms with van der Waals surface area (Å²) in [5, 5.41) is 6.70. The van der Waals surface area contributed by atoms with Gasteiger partial charge in [0, 0.05) is 10.5 Å². The third kappa shape index (κ3) is 3.00. The molecule has 92 valence electrons. The molecule has 1 aliphatic heterocycles. The zero-order valence-corrected chi connectivity index (χ0v) is 11.8. The lowest BCUT2D eigenvalue weighted by Crippen LogP contribution is -2.32. The Morgan fingerprint density at radius 2 is 2.35 bits per heavy atom. The molecule has 1 fully saturated rings. The Bertz CT molecular complexity index is 439. The van der Waals surface area contributed by atoms with Crippen LogP contribution < -0.4 is 10.6 Å². The fraction of sp³-hybridized carbons (Fsp3) is 0.417. The molecule has 2 rings (SSSR count). The molecule has 1 aliphatic rings. The van der Waals surface area contributed by atoms with Gasteiger partial charge in [-0.2, -0.15) is 0 Å². The Morgan fingerprint density at radius 1 is 1.59 bits per heavy atom. The summed E-state index contributed by atoms with van der Waals surface area (Å²) in [6.45, 7) is 2.92. The summed E-state index contributed by atoms with van der Waals surface area (Å²) in [6.07, 6.45) is 0.874. The van der Waals surface area contributed by atoms with Crippen molar-refractivity contribution in [3.63, 3.8) is 0 Å². The number of rotatable bonds is 2. The Balaban J connectivity index is 2.10. The van der Waals surface area contributed by atoms with Crippen molar-refractivity contribution in [2.75, 3.05) is 11.9 Å². The van der Waals surface area contributed by atoms with Crippen molar-refractivity contribution in [2.24, 2.45) is 5.92 Å². The van der Waals surface area contributed by atoms with E-state index in [-0.39, 0.29) is 17.9 Å². The van der Waals surface area contributed by atoms with Crippen molar-refractivity contribution in [1.29, 1.82) is 0 Å². The van der Waals surface area contributed by atoms with Gasteiger partial charge in [0.2, 0.25) is 5.91 Å². The summed E-state index contributed by atoms with van der Waals surface area (Å²) >= 11 is 9.39. The largest absolute Gasteiger partial charge is 0.324 e. The van der Waals surface area contributed by atoms with Gasteiger partial charge in [-0.05, 0) is 38.1 Å². The van der Waals surface area contributed by atoms with Crippen LogP contribution in [-0.4, -0.2) is 18.5 Å². The zero-order chi connectivity index (χ0) is 12.4. The van der Waals surface area contributed by atoms with Crippen LogP contribution in [0.5, 0.6) is 0 Å². The summed E-state index contributed by atoms with van der Waals surface area (Å²) in [4.78, 5) is 12.1. The molecule has 5 heteroatoms. The molecule has 0 aromatic heterocycles. The third-order valence-electron chi connectivity index (χ3n) is 3.05. The topological polar surface area (TPSA) is 41.1 Å². The van der Waals surface area contributed by atoms with Gasteiger partial charge in [-0.1, -0.05) is 27.5 Å². The molecule has 1 amide bonds. The molecule has 2 N–H and O–H groups in total. The SMILES string of the molecule is CC1NCCC1C(=O)Nc1cc(Br)ccc1Cl. The Labute approximate surface area is 114 Å². The molecule has 0 saturated carbocycles. The van der Waals surface area contributed by atoms with E-state index in [2.05, 4.69) is 26.6 Å². The van der Waals surface area contributed by atoms with Crippen LogP contribution in [-0.2, 0) is 4.79 Å². The van der Waals surface area contributed by atoms with Gasteiger partial charge in [-0.25, -0.2) is 0 Å². The highest BCUT2D eigenvalue weighted by molar-refractivity contribution is 9.10. The number of halogens is 2. The van der Waals surface area contributed by atoms with Crippen molar-refractivity contribution in [2.45, 2.75) is 19.4 Å². The lowest BCUT2D eigenvalue weighted by Gasteiger charge is -2.15. The fourth-order valence-electron chi connectivity index (χ4n) is 2.04. The number of hydrogen-bond acceptors (Lipinski definition) is 2. The second-order valence-electron chi connectivity index (χ2n) is 4.25. The van der Waals surface area contributed by atoms with Gasteiger partial charge >= 0.3 is 0 Å². The molecule has 1 aromatic carbocycles. The van der Waals surface area contributed by atoms with Gasteiger partial charge in [-0.3, -0.25) is 4.79 Å². The summed E-state index contributed by atoms with van der Waals surface area (Å²) in [6, 6.07) is 5.64. The normalized spacial score (nSPS) is 23.7. The van der Waals surface area contributed by atoms with Gasteiger partial charge < -0.3 is 10.6 Å². The minimum atomic E-state index is 0.0186. The maximum Gasteiger partial charge on any atom is 0.229 e. The van der Waals surface area contributed by atoms with Gasteiger partial charge in [0.25, 0.3) is 0 Å². The van der Waals surface area contributed by atoms with Crippen molar-refractivity contribution in [3.8, 4) is 0 Å². The number of anilines is 1. The Morgan fingerprint density at radius 3 is 3.00 bits per heavy atom. The lowest BCUT2D eigenvalue weighted by atomic mass is 10.0. The minimum Gasteiger partial charge on any atom is -0.324 e. The predicted octanol–water partition coefficient (Wildman–Crippen LogP) is 3.04. The van der Waals surface area contributed by atoms with E-state index in [9.17, 15) is 4.79 Å². The van der Waals surface area contributed by atoms with E-state index in [0.29, 0.717) is 10.7 Å². The van der Waals surface area contributed by atoms with Gasteiger partial charge in [0.05, 0.1) is 16.6 Å². The van der Waals surface area contributed by atoms with Crippen LogP contribution in [0, 0.1) is 5.92 Å². The molecule has 0 bridgehead atoms. The van der Waals surface area contributed by atoms with Crippen LogP contribution in [0.15, 0.2) is 22.7 Å². The molecule has 3 nitrogen and oxygen atoms in total. The van der Waals surface area contributed by atoms with Crippen molar-refractivity contribution in [3.05, 3.63) is 27.7 Å². The highest BCUT2D eigenvalue weighted by atomic mass is 79.9. The van der Waals surface area contributed by atoms with Gasteiger partial charge in [0.1, 0.15) is 0 Å². The average Bonchev–Trinajstić information content (AvgIpc) is 2.70. The minimum absolute atomic E-state index is 0.0186. The highest BCUT2D eigenvalue weighted by Gasteiger charge is 2.29. The van der Waals surface area contributed by atoms with Crippen LogP contribution in [0.1, 0.15) is 13.3 Å². The van der Waals surface area contributed by atoms with E-state index in [1.54, 1.807) is 6.07 Å². The molecule has 2 unspecified atom stereocenters. The number of nitrogens with one attached hydrogen (secondary N) is 2. The van der Waals surface area contributed by atoms with Gasteiger partial charge in [-0.15, -0.1) is 0 Å². The summed E-state index contributed by atoms with van der Waals surface area (Å²) < 4.78 is 0.898. The van der Waals surface area contributed by atoms with Crippen molar-refractivity contribution < 1.29 is 4.79 Å². The predicted molar refractivity (Wildman–Crippen MR) is 73.4 cm³/mol. The number of amides is 1. The first-order valence-electron chi connectivity index (χ1n) is 5.57. The van der Waals surface area contributed by atoms with Crippen LogP contribution in [0.25, 0.3) is 0 Å². The van der Waals surface area contributed by atoms with Gasteiger partial charge in [0.15, 0.2) is 0 Å². The number of carbonyl (C=O) groups is 1. The first-order valence-corrected chi connectivity index (χ1v) is 6.74. The van der Waals surface area contributed by atoms with E-state index < -0.39 is 0 Å². The maximum atomic E-state index is 12.1. The number of carbonyl (C=O) groups excluding carboxylic acids is 1. The van der Waals surface area contributed by atoms with E-state index >= 15 is 0 Å². The second-order valence-corrected chi connectivity index (χ2v) is 5.57. The van der Waals surface area contributed by atoms with Crippen molar-refractivity contribution >= 4 is 39.1 Å².